The summed E-state index contributed by atoms with van der Waals surface area (Å²) >= 11 is 5.86. The van der Waals surface area contributed by atoms with Gasteiger partial charge in [-0.2, -0.15) is 0 Å². The highest BCUT2D eigenvalue weighted by Crippen LogP contribution is 2.28. The number of sulfonamides is 1. The van der Waals surface area contributed by atoms with E-state index in [-0.39, 0.29) is 10.6 Å². The Bertz CT molecular complexity index is 729. The fourth-order valence-electron chi connectivity index (χ4n) is 1.78. The first-order chi connectivity index (χ1) is 9.42. The summed E-state index contributed by atoms with van der Waals surface area (Å²) in [6.07, 6.45) is 0. The van der Waals surface area contributed by atoms with Crippen molar-refractivity contribution >= 4 is 27.3 Å². The van der Waals surface area contributed by atoms with Crippen molar-refractivity contribution in [3.05, 3.63) is 53.1 Å². The smallest absolute Gasteiger partial charge is 0.265 e. The van der Waals surface area contributed by atoms with E-state index in [2.05, 4.69) is 4.72 Å². The number of benzene rings is 2. The minimum absolute atomic E-state index is 0.00834. The molecule has 2 aromatic rings. The Morgan fingerprint density at radius 2 is 1.90 bits per heavy atom. The summed E-state index contributed by atoms with van der Waals surface area (Å²) in [6, 6.07) is 11.5. The van der Waals surface area contributed by atoms with Crippen LogP contribution in [0.3, 0.4) is 0 Å². The predicted octanol–water partition coefficient (Wildman–Crippen LogP) is 3.46. The second kappa shape index (κ2) is 5.73. The molecule has 4 nitrogen and oxygen atoms in total. The van der Waals surface area contributed by atoms with Crippen LogP contribution in [0.4, 0.5) is 5.69 Å². The first-order valence-corrected chi connectivity index (χ1v) is 7.71. The first-order valence-electron chi connectivity index (χ1n) is 5.85. The molecule has 0 atom stereocenters. The van der Waals surface area contributed by atoms with Crippen LogP contribution in [0.25, 0.3) is 0 Å². The van der Waals surface area contributed by atoms with Gasteiger partial charge in [0.2, 0.25) is 0 Å². The lowest BCUT2D eigenvalue weighted by Gasteiger charge is -2.12. The number of halogens is 1. The van der Waals surface area contributed by atoms with E-state index in [9.17, 15) is 8.42 Å². The molecule has 0 aromatic heterocycles. The molecule has 0 bridgehead atoms. The molecule has 0 saturated heterocycles. The van der Waals surface area contributed by atoms with Gasteiger partial charge in [-0.1, -0.05) is 23.7 Å². The van der Waals surface area contributed by atoms with E-state index in [1.165, 1.54) is 19.2 Å². The number of hydrogen-bond acceptors (Lipinski definition) is 3. The summed E-state index contributed by atoms with van der Waals surface area (Å²) in [5.41, 5.74) is 1.45. The average molecular weight is 312 g/mol. The van der Waals surface area contributed by atoms with Crippen LogP contribution in [-0.4, -0.2) is 15.5 Å². The highest BCUT2D eigenvalue weighted by molar-refractivity contribution is 7.92. The molecular formula is C14H14ClNO3S. The van der Waals surface area contributed by atoms with E-state index in [1.807, 2.05) is 13.0 Å². The summed E-state index contributed by atoms with van der Waals surface area (Å²) in [6.45, 7) is 1.89. The summed E-state index contributed by atoms with van der Waals surface area (Å²) in [5, 5.41) is 0.329. The van der Waals surface area contributed by atoms with Gasteiger partial charge < -0.3 is 4.74 Å². The minimum atomic E-state index is -3.75. The van der Waals surface area contributed by atoms with Crippen molar-refractivity contribution in [2.75, 3.05) is 11.8 Å². The lowest BCUT2D eigenvalue weighted by molar-refractivity contribution is 0.403. The molecule has 0 saturated carbocycles. The molecule has 0 aliphatic carbocycles. The van der Waals surface area contributed by atoms with Gasteiger partial charge in [0.15, 0.2) is 0 Å². The van der Waals surface area contributed by atoms with Crippen molar-refractivity contribution < 1.29 is 13.2 Å². The van der Waals surface area contributed by atoms with Gasteiger partial charge in [0.25, 0.3) is 10.0 Å². The molecule has 106 valence electrons. The fraction of sp³-hybridized carbons (Fsp3) is 0.143. The second-order valence-corrected chi connectivity index (χ2v) is 6.36. The molecule has 0 aliphatic rings. The van der Waals surface area contributed by atoms with Crippen molar-refractivity contribution in [1.29, 1.82) is 0 Å². The number of rotatable bonds is 4. The van der Waals surface area contributed by atoms with Crippen LogP contribution in [0.1, 0.15) is 5.56 Å². The topological polar surface area (TPSA) is 55.4 Å². The lowest BCUT2D eigenvalue weighted by Crippen LogP contribution is -2.14. The van der Waals surface area contributed by atoms with Gasteiger partial charge in [-0.25, -0.2) is 8.42 Å². The Hall–Kier alpha value is -1.72. The van der Waals surface area contributed by atoms with Gasteiger partial charge in [-0.15, -0.1) is 0 Å². The summed E-state index contributed by atoms with van der Waals surface area (Å²) in [7, 11) is -2.34. The molecule has 0 spiro atoms. The molecule has 2 aromatic carbocycles. The van der Waals surface area contributed by atoms with E-state index in [0.29, 0.717) is 10.7 Å². The molecule has 0 unspecified atom stereocenters. The van der Waals surface area contributed by atoms with Gasteiger partial charge in [0.1, 0.15) is 10.6 Å². The van der Waals surface area contributed by atoms with Crippen molar-refractivity contribution in [2.24, 2.45) is 0 Å². The van der Waals surface area contributed by atoms with Crippen LogP contribution >= 0.6 is 11.6 Å². The standard InChI is InChI=1S/C14H14ClNO3S/c1-10-4-3-5-12(8-10)16-20(17,18)14-9-11(15)6-7-13(14)19-2/h3-9,16H,1-2H3. The molecule has 2 rings (SSSR count). The largest absolute Gasteiger partial charge is 0.495 e. The van der Waals surface area contributed by atoms with Crippen molar-refractivity contribution in [3.63, 3.8) is 0 Å². The third-order valence-corrected chi connectivity index (χ3v) is 4.32. The zero-order valence-corrected chi connectivity index (χ0v) is 12.6. The number of hydrogen-bond donors (Lipinski definition) is 1. The van der Waals surface area contributed by atoms with Crippen molar-refractivity contribution in [1.82, 2.24) is 0 Å². The molecule has 20 heavy (non-hydrogen) atoms. The van der Waals surface area contributed by atoms with Gasteiger partial charge in [-0.05, 0) is 42.8 Å². The molecular weight excluding hydrogens is 298 g/mol. The summed E-state index contributed by atoms with van der Waals surface area (Å²) in [4.78, 5) is 0.00834. The monoisotopic (exact) mass is 311 g/mol. The SMILES string of the molecule is COc1ccc(Cl)cc1S(=O)(=O)Nc1cccc(C)c1. The van der Waals surface area contributed by atoms with Crippen LogP contribution in [-0.2, 0) is 10.0 Å². The van der Waals surface area contributed by atoms with Gasteiger partial charge in [0, 0.05) is 10.7 Å². The quantitative estimate of drug-likeness (QED) is 0.940. The van der Waals surface area contributed by atoms with E-state index in [4.69, 9.17) is 16.3 Å². The Kier molecular flexibility index (Phi) is 4.20. The maximum absolute atomic E-state index is 12.4. The highest BCUT2D eigenvalue weighted by atomic mass is 35.5. The van der Waals surface area contributed by atoms with Gasteiger partial charge in [0.05, 0.1) is 7.11 Å². The summed E-state index contributed by atoms with van der Waals surface area (Å²) in [5.74, 6) is 0.245. The number of anilines is 1. The molecule has 0 radical (unpaired) electrons. The van der Waals surface area contributed by atoms with Crippen molar-refractivity contribution in [3.8, 4) is 5.75 Å². The van der Waals surface area contributed by atoms with Gasteiger partial charge >= 0.3 is 0 Å². The zero-order chi connectivity index (χ0) is 14.8. The molecule has 0 amide bonds. The third kappa shape index (κ3) is 3.23. The Morgan fingerprint density at radius 1 is 1.15 bits per heavy atom. The van der Waals surface area contributed by atoms with E-state index >= 15 is 0 Å². The van der Waals surface area contributed by atoms with Crippen LogP contribution in [0, 0.1) is 6.92 Å². The predicted molar refractivity (Wildman–Crippen MR) is 80.0 cm³/mol. The number of nitrogens with one attached hydrogen (secondary N) is 1. The maximum Gasteiger partial charge on any atom is 0.265 e. The van der Waals surface area contributed by atoms with Crippen LogP contribution < -0.4 is 9.46 Å². The highest BCUT2D eigenvalue weighted by Gasteiger charge is 2.20. The van der Waals surface area contributed by atoms with Crippen LogP contribution in [0.15, 0.2) is 47.4 Å². The first kappa shape index (κ1) is 14.7. The third-order valence-electron chi connectivity index (χ3n) is 2.69. The molecule has 0 heterocycles. The van der Waals surface area contributed by atoms with Crippen LogP contribution in [0.2, 0.25) is 5.02 Å². The average Bonchev–Trinajstić information content (AvgIpc) is 2.38. The Morgan fingerprint density at radius 3 is 2.55 bits per heavy atom. The minimum Gasteiger partial charge on any atom is -0.495 e. The second-order valence-electron chi connectivity index (χ2n) is 4.27. The fourth-order valence-corrected chi connectivity index (χ4v) is 3.26. The Balaban J connectivity index is 2.43. The molecule has 0 fully saturated rings. The number of ether oxygens (including phenoxy) is 1. The Labute approximate surface area is 123 Å². The molecule has 0 aliphatic heterocycles. The van der Waals surface area contributed by atoms with Crippen molar-refractivity contribution in [2.45, 2.75) is 11.8 Å². The molecule has 1 N–H and O–H groups in total. The van der Waals surface area contributed by atoms with E-state index < -0.39 is 10.0 Å². The maximum atomic E-state index is 12.4. The summed E-state index contributed by atoms with van der Waals surface area (Å²) < 4.78 is 32.4. The molecule has 6 heteroatoms. The number of aryl methyl sites for hydroxylation is 1. The van der Waals surface area contributed by atoms with Gasteiger partial charge in [-0.3, -0.25) is 4.72 Å². The van der Waals surface area contributed by atoms with Crippen LogP contribution in [0.5, 0.6) is 5.75 Å². The normalized spacial score (nSPS) is 11.2. The number of methoxy groups -OCH3 is 1. The van der Waals surface area contributed by atoms with E-state index in [0.717, 1.165) is 5.56 Å². The zero-order valence-electron chi connectivity index (χ0n) is 11.1. The lowest BCUT2D eigenvalue weighted by atomic mass is 10.2. The van der Waals surface area contributed by atoms with E-state index in [1.54, 1.807) is 24.3 Å².